The minimum Gasteiger partial charge on any atom is -0.465 e. The third kappa shape index (κ3) is 12.7. The minimum atomic E-state index is -1.02. The van der Waals surface area contributed by atoms with Gasteiger partial charge in [0.2, 0.25) is 0 Å². The van der Waals surface area contributed by atoms with Crippen LogP contribution in [0.2, 0.25) is 0 Å². The van der Waals surface area contributed by atoms with Crippen molar-refractivity contribution in [2.75, 3.05) is 19.8 Å². The van der Waals surface area contributed by atoms with E-state index >= 15 is 0 Å². The first kappa shape index (κ1) is 40.4. The molecule has 52 heavy (non-hydrogen) atoms. The summed E-state index contributed by atoms with van der Waals surface area (Å²) in [6.45, 7) is 14.5. The molecule has 0 bridgehead atoms. The zero-order chi connectivity index (χ0) is 37.3. The van der Waals surface area contributed by atoms with Crippen molar-refractivity contribution >= 4 is 24.1 Å². The molecule has 0 aromatic heterocycles. The lowest BCUT2D eigenvalue weighted by molar-refractivity contribution is -0.154. The van der Waals surface area contributed by atoms with Crippen LogP contribution >= 0.6 is 0 Å². The lowest BCUT2D eigenvalue weighted by atomic mass is 9.86. The Kier molecular flexibility index (Phi) is 16.5. The average Bonchev–Trinajstić information content (AvgIpc) is 3.78. The van der Waals surface area contributed by atoms with Gasteiger partial charge in [-0.15, -0.1) is 13.2 Å². The van der Waals surface area contributed by atoms with Crippen LogP contribution in [0.3, 0.4) is 0 Å². The molecule has 9 atom stereocenters. The van der Waals surface area contributed by atoms with E-state index in [1.807, 2.05) is 30.3 Å². The Morgan fingerprint density at radius 2 is 1.56 bits per heavy atom. The van der Waals surface area contributed by atoms with Gasteiger partial charge in [-0.1, -0.05) is 117 Å². The number of hydrogen-bond donors (Lipinski definition) is 1. The van der Waals surface area contributed by atoms with Crippen LogP contribution < -0.4 is 5.32 Å². The summed E-state index contributed by atoms with van der Waals surface area (Å²) in [4.78, 5) is 38.1. The number of esters is 2. The normalized spacial score (nSPS) is 24.6. The monoisotopic (exact) mass is 709 g/mol. The van der Waals surface area contributed by atoms with E-state index in [-0.39, 0.29) is 54.6 Å². The van der Waals surface area contributed by atoms with Crippen molar-refractivity contribution in [2.24, 2.45) is 41.4 Å². The van der Waals surface area contributed by atoms with Crippen LogP contribution in [0.5, 0.6) is 0 Å². The third-order valence-corrected chi connectivity index (χ3v) is 10.8. The molecule has 7 nitrogen and oxygen atoms in total. The number of nitrogens with one attached hydrogen (secondary N) is 1. The fraction of sp³-hybridized carbons (Fsp3) is 0.489. The highest BCUT2D eigenvalue weighted by molar-refractivity contribution is 5.78. The molecule has 0 radical (unpaired) electrons. The molecule has 2 aliphatic carbocycles. The second-order valence-corrected chi connectivity index (χ2v) is 14.7. The summed E-state index contributed by atoms with van der Waals surface area (Å²) in [7, 11) is 0. The summed E-state index contributed by atoms with van der Waals surface area (Å²) in [5.74, 6) is 0.992. The SMILES string of the molecule is C=CCNC(=O)OC(C)C(=O)OCC1CC(/C=C/C2CC(/C=C/c3ccccc3)CC2C(=O)OCCC(CC(C)CC)c2ccccc2)CC1C=C. The number of benzene rings is 2. The molecular weight excluding hydrogens is 650 g/mol. The molecule has 1 N–H and O–H groups in total. The molecule has 2 fully saturated rings. The van der Waals surface area contributed by atoms with Crippen LogP contribution in [-0.2, 0) is 23.8 Å². The first-order chi connectivity index (χ1) is 25.2. The zero-order valence-corrected chi connectivity index (χ0v) is 31.4. The number of ether oxygens (including phenoxy) is 3. The molecule has 9 unspecified atom stereocenters. The molecule has 0 heterocycles. The highest BCUT2D eigenvalue weighted by Crippen LogP contribution is 2.42. The van der Waals surface area contributed by atoms with E-state index in [0.717, 1.165) is 50.5 Å². The zero-order valence-electron chi connectivity index (χ0n) is 31.4. The first-order valence-corrected chi connectivity index (χ1v) is 19.2. The van der Waals surface area contributed by atoms with Gasteiger partial charge in [0.15, 0.2) is 6.10 Å². The van der Waals surface area contributed by atoms with Gasteiger partial charge in [-0.2, -0.15) is 0 Å². The van der Waals surface area contributed by atoms with Gasteiger partial charge in [0.25, 0.3) is 0 Å². The summed E-state index contributed by atoms with van der Waals surface area (Å²) >= 11 is 0. The number of rotatable bonds is 19. The van der Waals surface area contributed by atoms with Gasteiger partial charge in [0.1, 0.15) is 0 Å². The van der Waals surface area contributed by atoms with E-state index in [1.54, 1.807) is 0 Å². The van der Waals surface area contributed by atoms with Crippen LogP contribution in [-0.4, -0.2) is 43.9 Å². The van der Waals surface area contributed by atoms with Crippen molar-refractivity contribution in [1.29, 1.82) is 0 Å². The van der Waals surface area contributed by atoms with Crippen LogP contribution in [0.25, 0.3) is 6.08 Å². The summed E-state index contributed by atoms with van der Waals surface area (Å²) in [5, 5.41) is 2.49. The van der Waals surface area contributed by atoms with Crippen LogP contribution in [0.15, 0.2) is 104 Å². The number of carbonyl (C=O) groups excluding carboxylic acids is 3. The summed E-state index contributed by atoms with van der Waals surface area (Å²) in [6, 6.07) is 20.9. The van der Waals surface area contributed by atoms with Gasteiger partial charge in [0.05, 0.1) is 19.1 Å². The predicted molar refractivity (Wildman–Crippen MR) is 208 cm³/mol. The van der Waals surface area contributed by atoms with Crippen LogP contribution in [0.1, 0.15) is 82.8 Å². The van der Waals surface area contributed by atoms with Gasteiger partial charge in [-0.05, 0) is 98.0 Å². The van der Waals surface area contributed by atoms with Crippen LogP contribution in [0.4, 0.5) is 4.79 Å². The van der Waals surface area contributed by atoms with E-state index in [4.69, 9.17) is 14.2 Å². The smallest absolute Gasteiger partial charge is 0.408 e. The second-order valence-electron chi connectivity index (χ2n) is 14.7. The number of allylic oxidation sites excluding steroid dienone is 4. The molecule has 2 aliphatic rings. The van der Waals surface area contributed by atoms with Gasteiger partial charge in [0, 0.05) is 6.54 Å². The Bertz CT molecular complexity index is 1490. The van der Waals surface area contributed by atoms with Crippen molar-refractivity contribution in [3.05, 3.63) is 115 Å². The molecule has 2 saturated carbocycles. The van der Waals surface area contributed by atoms with E-state index in [0.29, 0.717) is 18.4 Å². The Balaban J connectivity index is 1.37. The average molecular weight is 710 g/mol. The topological polar surface area (TPSA) is 90.9 Å². The number of hydrogen-bond acceptors (Lipinski definition) is 6. The lowest BCUT2D eigenvalue weighted by Gasteiger charge is -2.22. The molecule has 0 saturated heterocycles. The second kappa shape index (κ2) is 21.2. The summed E-state index contributed by atoms with van der Waals surface area (Å²) < 4.78 is 16.8. The van der Waals surface area contributed by atoms with Crippen molar-refractivity contribution in [1.82, 2.24) is 5.32 Å². The quantitative estimate of drug-likeness (QED) is 0.0888. The fourth-order valence-electron chi connectivity index (χ4n) is 7.62. The summed E-state index contributed by atoms with van der Waals surface area (Å²) in [6.07, 6.45) is 17.1. The Morgan fingerprint density at radius 3 is 2.25 bits per heavy atom. The van der Waals surface area contributed by atoms with E-state index < -0.39 is 18.2 Å². The first-order valence-electron chi connectivity index (χ1n) is 19.2. The Labute approximate surface area is 311 Å². The number of alkyl carbamates (subject to hydrolysis) is 1. The predicted octanol–water partition coefficient (Wildman–Crippen LogP) is 9.72. The van der Waals surface area contributed by atoms with Gasteiger partial charge in [-0.25, -0.2) is 9.59 Å². The largest absolute Gasteiger partial charge is 0.465 e. The van der Waals surface area contributed by atoms with Crippen molar-refractivity contribution < 1.29 is 28.6 Å². The van der Waals surface area contributed by atoms with E-state index in [9.17, 15) is 14.4 Å². The maximum Gasteiger partial charge on any atom is 0.408 e. The molecule has 4 rings (SSSR count). The maximum atomic E-state index is 13.8. The number of carbonyl (C=O) groups is 3. The Hall–Kier alpha value is -4.39. The van der Waals surface area contributed by atoms with Crippen molar-refractivity contribution in [2.45, 2.75) is 77.7 Å². The van der Waals surface area contributed by atoms with Gasteiger partial charge in [-0.3, -0.25) is 4.79 Å². The Morgan fingerprint density at radius 1 is 0.865 bits per heavy atom. The van der Waals surface area contributed by atoms with Crippen molar-refractivity contribution in [3.8, 4) is 0 Å². The minimum absolute atomic E-state index is 0.0762. The summed E-state index contributed by atoms with van der Waals surface area (Å²) in [5.41, 5.74) is 2.46. The van der Waals surface area contributed by atoms with E-state index in [1.165, 1.54) is 18.6 Å². The molecule has 1 amide bonds. The highest BCUT2D eigenvalue weighted by Gasteiger charge is 2.38. The molecular formula is C45H59NO6. The van der Waals surface area contributed by atoms with Crippen molar-refractivity contribution in [3.63, 3.8) is 0 Å². The molecule has 7 heteroatoms. The van der Waals surface area contributed by atoms with Gasteiger partial charge >= 0.3 is 18.0 Å². The molecule has 0 spiro atoms. The molecule has 0 aliphatic heterocycles. The highest BCUT2D eigenvalue weighted by atomic mass is 16.6. The van der Waals surface area contributed by atoms with E-state index in [2.05, 4.69) is 93.0 Å². The van der Waals surface area contributed by atoms with Crippen LogP contribution in [0, 0.1) is 41.4 Å². The molecule has 280 valence electrons. The fourth-order valence-corrected chi connectivity index (χ4v) is 7.62. The third-order valence-electron chi connectivity index (χ3n) is 10.8. The molecule has 2 aromatic carbocycles. The maximum absolute atomic E-state index is 13.8. The van der Waals surface area contributed by atoms with Gasteiger partial charge < -0.3 is 19.5 Å². The molecule has 2 aromatic rings. The standard InChI is InChI=1S/C45H59NO6/c1-6-24-46-45(49)52-33(5)43(47)51-31-41-29-35(27-37(41)8-3)21-22-40-28-36(20-19-34-15-11-9-12-16-34)30-42(40)44(48)50-25-23-39(26-32(4)7-2)38-17-13-10-14-18-38/h6,8-22,32-33,35-37,39-42H,1,3,7,23-31H2,2,4-5H3,(H,46,49)/b20-19+,22-21+. The number of amides is 1. The lowest BCUT2D eigenvalue weighted by Crippen LogP contribution is -2.33.